The highest BCUT2D eigenvalue weighted by atomic mass is 15.2. The van der Waals surface area contributed by atoms with Gasteiger partial charge < -0.3 is 0 Å². The minimum absolute atomic E-state index is 0.593. The number of aliphatic imine (C=N–C) groups is 1. The molecule has 1 N–H and O–H groups in total. The van der Waals surface area contributed by atoms with E-state index in [1.807, 2.05) is 6.21 Å². The highest BCUT2D eigenvalue weighted by Gasteiger charge is 1.88. The standard InChI is InChI=1S/C9H16N4/c1-2-3-4-5-6-7-10-9-11-8-12-13-9/h7-8H,2-6H2,1H3,(H,11,12,13). The van der Waals surface area contributed by atoms with Crippen LogP contribution in [0.25, 0.3) is 0 Å². The first-order valence-corrected chi connectivity index (χ1v) is 4.81. The van der Waals surface area contributed by atoms with Crippen molar-refractivity contribution in [3.05, 3.63) is 6.33 Å². The number of nitrogens with zero attached hydrogens (tertiary/aromatic N) is 3. The van der Waals surface area contributed by atoms with Gasteiger partial charge >= 0.3 is 0 Å². The largest absolute Gasteiger partial charge is 0.244 e. The quantitative estimate of drug-likeness (QED) is 0.540. The van der Waals surface area contributed by atoms with Gasteiger partial charge in [-0.15, -0.1) is 0 Å². The summed E-state index contributed by atoms with van der Waals surface area (Å²) in [6.45, 7) is 2.21. The number of hydrogen-bond acceptors (Lipinski definition) is 3. The molecular weight excluding hydrogens is 164 g/mol. The lowest BCUT2D eigenvalue weighted by molar-refractivity contribution is 0.685. The van der Waals surface area contributed by atoms with Gasteiger partial charge in [0.05, 0.1) is 0 Å². The molecule has 0 aromatic carbocycles. The summed E-state index contributed by atoms with van der Waals surface area (Å²) in [4.78, 5) is 8.00. The van der Waals surface area contributed by atoms with Gasteiger partial charge in [0.15, 0.2) is 0 Å². The Morgan fingerprint density at radius 3 is 3.08 bits per heavy atom. The van der Waals surface area contributed by atoms with Gasteiger partial charge in [-0.3, -0.25) is 0 Å². The van der Waals surface area contributed by atoms with Crippen LogP contribution in [0.3, 0.4) is 0 Å². The van der Waals surface area contributed by atoms with Crippen LogP contribution in [0, 0.1) is 0 Å². The third kappa shape index (κ3) is 4.40. The van der Waals surface area contributed by atoms with E-state index >= 15 is 0 Å². The molecule has 0 aliphatic heterocycles. The van der Waals surface area contributed by atoms with E-state index in [9.17, 15) is 0 Å². The summed E-state index contributed by atoms with van der Waals surface area (Å²) in [6.07, 6.45) is 9.49. The molecule has 13 heavy (non-hydrogen) atoms. The second kappa shape index (κ2) is 6.34. The molecule has 0 spiro atoms. The maximum absolute atomic E-state index is 4.11. The van der Waals surface area contributed by atoms with E-state index in [0.717, 1.165) is 6.42 Å². The van der Waals surface area contributed by atoms with E-state index in [4.69, 9.17) is 0 Å². The molecule has 0 bridgehead atoms. The summed E-state index contributed by atoms with van der Waals surface area (Å²) in [5.74, 6) is 0.593. The molecule has 1 heterocycles. The third-order valence-corrected chi connectivity index (χ3v) is 1.80. The van der Waals surface area contributed by atoms with Crippen molar-refractivity contribution >= 4 is 12.2 Å². The van der Waals surface area contributed by atoms with Crippen LogP contribution in [0.15, 0.2) is 11.3 Å². The van der Waals surface area contributed by atoms with Gasteiger partial charge in [-0.25, -0.2) is 10.1 Å². The van der Waals surface area contributed by atoms with E-state index in [1.54, 1.807) is 0 Å². The molecule has 0 fully saturated rings. The lowest BCUT2D eigenvalue weighted by atomic mass is 10.2. The molecule has 0 amide bonds. The summed E-state index contributed by atoms with van der Waals surface area (Å²) in [5, 5.41) is 6.38. The maximum atomic E-state index is 4.11. The molecule has 0 aliphatic rings. The van der Waals surface area contributed by atoms with Crippen molar-refractivity contribution in [3.63, 3.8) is 0 Å². The van der Waals surface area contributed by atoms with E-state index < -0.39 is 0 Å². The van der Waals surface area contributed by atoms with Crippen LogP contribution in [0.1, 0.15) is 39.0 Å². The minimum Gasteiger partial charge on any atom is -0.244 e. The Kier molecular flexibility index (Phi) is 4.83. The average Bonchev–Trinajstić information content (AvgIpc) is 2.63. The van der Waals surface area contributed by atoms with Gasteiger partial charge in [0.2, 0.25) is 5.95 Å². The second-order valence-corrected chi connectivity index (χ2v) is 2.97. The molecule has 1 aromatic heterocycles. The number of aromatic amines is 1. The first-order valence-electron chi connectivity index (χ1n) is 4.81. The second-order valence-electron chi connectivity index (χ2n) is 2.97. The Balaban J connectivity index is 2.05. The number of hydrogen-bond donors (Lipinski definition) is 1. The summed E-state index contributed by atoms with van der Waals surface area (Å²) >= 11 is 0. The minimum atomic E-state index is 0.593. The molecule has 0 saturated carbocycles. The normalized spacial score (nSPS) is 11.2. The fourth-order valence-electron chi connectivity index (χ4n) is 1.07. The van der Waals surface area contributed by atoms with E-state index in [2.05, 4.69) is 27.1 Å². The van der Waals surface area contributed by atoms with Crippen molar-refractivity contribution in [2.75, 3.05) is 0 Å². The Labute approximate surface area is 78.5 Å². The summed E-state index contributed by atoms with van der Waals surface area (Å²) in [7, 11) is 0. The Morgan fingerprint density at radius 2 is 2.38 bits per heavy atom. The lowest BCUT2D eigenvalue weighted by Crippen LogP contribution is -1.78. The number of H-pyrrole nitrogens is 1. The predicted molar refractivity (Wildman–Crippen MR) is 53.3 cm³/mol. The van der Waals surface area contributed by atoms with Gasteiger partial charge in [-0.05, 0) is 12.8 Å². The number of aromatic nitrogens is 3. The van der Waals surface area contributed by atoms with E-state index in [0.29, 0.717) is 5.95 Å². The maximum Gasteiger partial charge on any atom is 0.244 e. The fraction of sp³-hybridized carbons (Fsp3) is 0.667. The van der Waals surface area contributed by atoms with Crippen LogP contribution in [0.5, 0.6) is 0 Å². The molecule has 0 aliphatic carbocycles. The van der Waals surface area contributed by atoms with Crippen molar-refractivity contribution in [2.45, 2.75) is 39.0 Å². The topological polar surface area (TPSA) is 53.9 Å². The molecule has 4 nitrogen and oxygen atoms in total. The van der Waals surface area contributed by atoms with E-state index in [1.165, 1.54) is 32.0 Å². The number of nitrogens with one attached hydrogen (secondary N) is 1. The highest BCUT2D eigenvalue weighted by molar-refractivity contribution is 5.60. The van der Waals surface area contributed by atoms with Crippen LogP contribution < -0.4 is 0 Å². The Morgan fingerprint density at radius 1 is 1.46 bits per heavy atom. The lowest BCUT2D eigenvalue weighted by Gasteiger charge is -1.92. The third-order valence-electron chi connectivity index (χ3n) is 1.80. The monoisotopic (exact) mass is 180 g/mol. The van der Waals surface area contributed by atoms with Gasteiger partial charge in [0, 0.05) is 6.21 Å². The van der Waals surface area contributed by atoms with Gasteiger partial charge in [-0.2, -0.15) is 10.1 Å². The Bertz CT molecular complexity index is 228. The fourth-order valence-corrected chi connectivity index (χ4v) is 1.07. The molecule has 1 aromatic rings. The molecule has 72 valence electrons. The smallest absolute Gasteiger partial charge is 0.244 e. The predicted octanol–water partition coefficient (Wildman–Crippen LogP) is 2.48. The van der Waals surface area contributed by atoms with Crippen LogP contribution in [-0.4, -0.2) is 21.4 Å². The number of rotatable bonds is 6. The summed E-state index contributed by atoms with van der Waals surface area (Å²) < 4.78 is 0. The van der Waals surface area contributed by atoms with Gasteiger partial charge in [0.25, 0.3) is 0 Å². The molecule has 4 heteroatoms. The van der Waals surface area contributed by atoms with Crippen LogP contribution >= 0.6 is 0 Å². The molecule has 0 saturated heterocycles. The van der Waals surface area contributed by atoms with Crippen LogP contribution in [0.2, 0.25) is 0 Å². The zero-order valence-electron chi connectivity index (χ0n) is 8.03. The van der Waals surface area contributed by atoms with Crippen molar-refractivity contribution in [1.29, 1.82) is 0 Å². The SMILES string of the molecule is CCCCCCC=Nc1ncn[nH]1. The van der Waals surface area contributed by atoms with Gasteiger partial charge in [-0.1, -0.05) is 26.2 Å². The first-order chi connectivity index (χ1) is 6.43. The first kappa shape index (κ1) is 9.89. The van der Waals surface area contributed by atoms with Crippen LogP contribution in [0.4, 0.5) is 5.95 Å². The van der Waals surface area contributed by atoms with Crippen molar-refractivity contribution < 1.29 is 0 Å². The van der Waals surface area contributed by atoms with Crippen molar-refractivity contribution in [2.24, 2.45) is 4.99 Å². The summed E-state index contributed by atoms with van der Waals surface area (Å²) in [5.41, 5.74) is 0. The van der Waals surface area contributed by atoms with Crippen molar-refractivity contribution in [1.82, 2.24) is 15.2 Å². The molecular formula is C9H16N4. The average molecular weight is 180 g/mol. The van der Waals surface area contributed by atoms with E-state index in [-0.39, 0.29) is 0 Å². The molecule has 0 unspecified atom stereocenters. The number of unbranched alkanes of at least 4 members (excludes halogenated alkanes) is 4. The highest BCUT2D eigenvalue weighted by Crippen LogP contribution is 2.02. The molecule has 0 atom stereocenters. The van der Waals surface area contributed by atoms with Crippen LogP contribution in [-0.2, 0) is 0 Å². The summed E-state index contributed by atoms with van der Waals surface area (Å²) in [6, 6.07) is 0. The van der Waals surface area contributed by atoms with Crippen molar-refractivity contribution in [3.8, 4) is 0 Å². The molecule has 1 rings (SSSR count). The Hall–Kier alpha value is -1.19. The zero-order chi connectivity index (χ0) is 9.36. The van der Waals surface area contributed by atoms with Gasteiger partial charge in [0.1, 0.15) is 6.33 Å². The zero-order valence-corrected chi connectivity index (χ0v) is 8.03. The molecule has 0 radical (unpaired) electrons.